The number of aliphatic hydroxyl groups excluding tert-OH is 1. The number of hydrogen-bond donors (Lipinski definition) is 3. The molecule has 0 spiro atoms. The predicted octanol–water partition coefficient (Wildman–Crippen LogP) is 4.05. The van der Waals surface area contributed by atoms with E-state index in [-0.39, 0.29) is 13.2 Å². The molecule has 0 saturated carbocycles. The van der Waals surface area contributed by atoms with Gasteiger partial charge in [0.05, 0.1) is 12.1 Å². The zero-order valence-electron chi connectivity index (χ0n) is 22.6. The summed E-state index contributed by atoms with van der Waals surface area (Å²) in [5, 5.41) is 15.8. The van der Waals surface area contributed by atoms with Crippen LogP contribution in [-0.2, 0) is 27.2 Å². The van der Waals surface area contributed by atoms with E-state index in [4.69, 9.17) is 14.2 Å². The van der Waals surface area contributed by atoms with Crippen LogP contribution in [0.25, 0.3) is 0 Å². The summed E-state index contributed by atoms with van der Waals surface area (Å²) in [6, 6.07) is 18.4. The third kappa shape index (κ3) is 11.1. The fraction of sp³-hybridized carbons (Fsp3) is 0.517. The number of benzene rings is 2. The Labute approximate surface area is 225 Å². The summed E-state index contributed by atoms with van der Waals surface area (Å²) < 4.78 is 16.3. The molecule has 2 atom stereocenters. The Balaban J connectivity index is 1.68. The molecule has 2 aromatic rings. The van der Waals surface area contributed by atoms with Gasteiger partial charge in [0, 0.05) is 26.3 Å². The van der Waals surface area contributed by atoms with Crippen LogP contribution in [0.15, 0.2) is 60.7 Å². The molecule has 3 N–H and O–H groups in total. The van der Waals surface area contributed by atoms with Gasteiger partial charge in [0.2, 0.25) is 0 Å². The van der Waals surface area contributed by atoms with Crippen LogP contribution in [0.5, 0.6) is 0 Å². The highest BCUT2D eigenvalue weighted by Gasteiger charge is 2.28. The molecule has 2 aromatic carbocycles. The van der Waals surface area contributed by atoms with Crippen molar-refractivity contribution in [3.05, 3.63) is 71.8 Å². The highest BCUT2D eigenvalue weighted by Crippen LogP contribution is 2.17. The number of amides is 2. The third-order valence-electron chi connectivity index (χ3n) is 6.15. The summed E-state index contributed by atoms with van der Waals surface area (Å²) in [5.41, 5.74) is 3.96. The lowest BCUT2D eigenvalue weighted by molar-refractivity contribution is 0.000313. The lowest BCUT2D eigenvalue weighted by atomic mass is 9.98. The molecule has 208 valence electrons. The quantitative estimate of drug-likeness (QED) is 0.378. The fourth-order valence-corrected chi connectivity index (χ4v) is 4.26. The number of carbonyl (C=O) groups excluding carboxylic acids is 2. The van der Waals surface area contributed by atoms with Gasteiger partial charge in [0.25, 0.3) is 0 Å². The van der Waals surface area contributed by atoms with Crippen LogP contribution < -0.4 is 10.7 Å². The molecule has 0 bridgehead atoms. The minimum atomic E-state index is -1.01. The van der Waals surface area contributed by atoms with Crippen molar-refractivity contribution in [1.29, 1.82) is 0 Å². The summed E-state index contributed by atoms with van der Waals surface area (Å²) >= 11 is 0. The van der Waals surface area contributed by atoms with Gasteiger partial charge in [-0.2, -0.15) is 0 Å². The maximum Gasteiger partial charge on any atom is 0.422 e. The molecule has 9 nitrogen and oxygen atoms in total. The Hall–Kier alpha value is -3.14. The number of hydrazine groups is 1. The number of nitrogens with one attached hydrogen (secondary N) is 2. The SMILES string of the molecule is CC(C)(C)OC(=O)NN(CC1CCOCC1)C[C@H](O)[C@H](Cc1ccccc1)NC(=O)OCc1ccccc1. The van der Waals surface area contributed by atoms with Crippen molar-refractivity contribution < 1.29 is 28.9 Å². The van der Waals surface area contributed by atoms with Gasteiger partial charge in [-0.1, -0.05) is 60.7 Å². The number of aliphatic hydroxyl groups is 1. The zero-order valence-corrected chi connectivity index (χ0v) is 22.6. The van der Waals surface area contributed by atoms with Gasteiger partial charge < -0.3 is 24.6 Å². The van der Waals surface area contributed by atoms with E-state index in [2.05, 4.69) is 10.7 Å². The molecule has 0 aromatic heterocycles. The van der Waals surface area contributed by atoms with Crippen molar-refractivity contribution in [1.82, 2.24) is 15.8 Å². The second kappa shape index (κ2) is 14.7. The van der Waals surface area contributed by atoms with Crippen molar-refractivity contribution in [3.63, 3.8) is 0 Å². The topological polar surface area (TPSA) is 109 Å². The van der Waals surface area contributed by atoms with Gasteiger partial charge in [-0.3, -0.25) is 5.43 Å². The lowest BCUT2D eigenvalue weighted by Gasteiger charge is -2.34. The summed E-state index contributed by atoms with van der Waals surface area (Å²) in [6.07, 6.45) is -0.106. The predicted molar refractivity (Wildman–Crippen MR) is 144 cm³/mol. The highest BCUT2D eigenvalue weighted by atomic mass is 16.6. The molecular weight excluding hydrogens is 486 g/mol. The Morgan fingerprint density at radius 3 is 2.21 bits per heavy atom. The first kappa shape index (κ1) is 29.4. The molecule has 1 heterocycles. The molecular formula is C29H41N3O6. The summed E-state index contributed by atoms with van der Waals surface area (Å²) in [6.45, 7) is 7.46. The van der Waals surface area contributed by atoms with Gasteiger partial charge in [-0.05, 0) is 57.1 Å². The number of hydrogen-bond acceptors (Lipinski definition) is 7. The maximum absolute atomic E-state index is 12.7. The first-order valence-corrected chi connectivity index (χ1v) is 13.2. The molecule has 3 rings (SSSR count). The molecule has 1 fully saturated rings. The first-order chi connectivity index (χ1) is 18.2. The lowest BCUT2D eigenvalue weighted by Crippen LogP contribution is -2.55. The van der Waals surface area contributed by atoms with Crippen molar-refractivity contribution in [2.24, 2.45) is 5.92 Å². The number of rotatable bonds is 11. The van der Waals surface area contributed by atoms with E-state index in [1.54, 1.807) is 25.8 Å². The minimum Gasteiger partial charge on any atom is -0.445 e. The van der Waals surface area contributed by atoms with Crippen LogP contribution >= 0.6 is 0 Å². The standard InChI is InChI=1S/C29H41N3O6/c1-29(2,3)38-28(35)31-32(19-23-14-16-36-17-15-23)20-26(33)25(18-22-10-6-4-7-11-22)30-27(34)37-21-24-12-8-5-9-13-24/h4-13,23,25-26,33H,14-21H2,1-3H3,(H,30,34)(H,31,35)/t25-,26-/m0/s1. The van der Waals surface area contributed by atoms with Gasteiger partial charge >= 0.3 is 12.2 Å². The van der Waals surface area contributed by atoms with Crippen molar-refractivity contribution in [2.75, 3.05) is 26.3 Å². The van der Waals surface area contributed by atoms with Crippen molar-refractivity contribution >= 4 is 12.2 Å². The Bertz CT molecular complexity index is 977. The summed E-state index contributed by atoms with van der Waals surface area (Å²) in [7, 11) is 0. The molecule has 9 heteroatoms. The second-order valence-electron chi connectivity index (χ2n) is 10.6. The number of ether oxygens (including phenoxy) is 3. The average molecular weight is 528 g/mol. The Morgan fingerprint density at radius 1 is 1.00 bits per heavy atom. The summed E-state index contributed by atoms with van der Waals surface area (Å²) in [5.74, 6) is 0.294. The van der Waals surface area contributed by atoms with E-state index in [1.165, 1.54) is 0 Å². The van der Waals surface area contributed by atoms with Crippen molar-refractivity contribution in [2.45, 2.75) is 64.4 Å². The summed E-state index contributed by atoms with van der Waals surface area (Å²) in [4.78, 5) is 25.3. The Kier molecular flexibility index (Phi) is 11.4. The van der Waals surface area contributed by atoms with Crippen LogP contribution in [0.1, 0.15) is 44.7 Å². The molecule has 0 aliphatic carbocycles. The molecule has 1 aliphatic rings. The number of carbonyl (C=O) groups is 2. The van der Waals surface area contributed by atoms with Gasteiger partial charge in [0.15, 0.2) is 0 Å². The third-order valence-corrected chi connectivity index (χ3v) is 6.15. The molecule has 0 radical (unpaired) electrons. The highest BCUT2D eigenvalue weighted by molar-refractivity contribution is 5.68. The second-order valence-corrected chi connectivity index (χ2v) is 10.6. The fourth-order valence-electron chi connectivity index (χ4n) is 4.26. The minimum absolute atomic E-state index is 0.0903. The van der Waals surface area contributed by atoms with Gasteiger partial charge in [-0.25, -0.2) is 14.6 Å². The van der Waals surface area contributed by atoms with E-state index >= 15 is 0 Å². The first-order valence-electron chi connectivity index (χ1n) is 13.2. The zero-order chi connectivity index (χ0) is 27.4. The Morgan fingerprint density at radius 2 is 1.61 bits per heavy atom. The van der Waals surface area contributed by atoms with Gasteiger partial charge in [0.1, 0.15) is 12.2 Å². The van der Waals surface area contributed by atoms with E-state index in [0.29, 0.717) is 32.1 Å². The smallest absolute Gasteiger partial charge is 0.422 e. The molecule has 38 heavy (non-hydrogen) atoms. The normalized spacial score (nSPS) is 15.9. The van der Waals surface area contributed by atoms with E-state index in [1.807, 2.05) is 60.7 Å². The monoisotopic (exact) mass is 527 g/mol. The van der Waals surface area contributed by atoms with Crippen LogP contribution in [0.2, 0.25) is 0 Å². The average Bonchev–Trinajstić information content (AvgIpc) is 2.87. The molecule has 1 saturated heterocycles. The number of alkyl carbamates (subject to hydrolysis) is 1. The van der Waals surface area contributed by atoms with Crippen molar-refractivity contribution in [3.8, 4) is 0 Å². The van der Waals surface area contributed by atoms with E-state index in [9.17, 15) is 14.7 Å². The van der Waals surface area contributed by atoms with Crippen LogP contribution in [0, 0.1) is 5.92 Å². The van der Waals surface area contributed by atoms with E-state index < -0.39 is 29.9 Å². The van der Waals surface area contributed by atoms with E-state index in [0.717, 1.165) is 24.0 Å². The maximum atomic E-state index is 12.7. The van der Waals surface area contributed by atoms with Gasteiger partial charge in [-0.15, -0.1) is 0 Å². The largest absolute Gasteiger partial charge is 0.445 e. The number of nitrogens with zero attached hydrogens (tertiary/aromatic N) is 1. The molecule has 2 amide bonds. The van der Waals surface area contributed by atoms with Crippen LogP contribution in [0.3, 0.4) is 0 Å². The van der Waals surface area contributed by atoms with Crippen LogP contribution in [0.4, 0.5) is 9.59 Å². The van der Waals surface area contributed by atoms with Crippen LogP contribution in [-0.4, -0.2) is 66.4 Å². The molecule has 0 unspecified atom stereocenters. The molecule has 1 aliphatic heterocycles.